The van der Waals surface area contributed by atoms with Gasteiger partial charge in [0, 0.05) is 12.6 Å². The first-order valence-corrected chi connectivity index (χ1v) is 5.21. The zero-order chi connectivity index (χ0) is 11.3. The molecule has 0 unspecified atom stereocenters. The van der Waals surface area contributed by atoms with Gasteiger partial charge in [-0.3, -0.25) is 10.1 Å². The van der Waals surface area contributed by atoms with E-state index in [0.717, 1.165) is 12.8 Å². The Morgan fingerprint density at radius 1 is 1.53 bits per heavy atom. The molecule has 4 nitrogen and oxygen atoms in total. The van der Waals surface area contributed by atoms with Crippen LogP contribution in [0.5, 0.6) is 0 Å². The summed E-state index contributed by atoms with van der Waals surface area (Å²) < 4.78 is 0. The monoisotopic (exact) mass is 228 g/mol. The van der Waals surface area contributed by atoms with Gasteiger partial charge in [0.2, 0.25) is 0 Å². The maximum absolute atomic E-state index is 10.7. The maximum atomic E-state index is 10.7. The van der Waals surface area contributed by atoms with Crippen LogP contribution in [0.3, 0.4) is 0 Å². The minimum Gasteiger partial charge on any atom is -0.378 e. The smallest absolute Gasteiger partial charge is 0.293 e. The van der Waals surface area contributed by atoms with Gasteiger partial charge >= 0.3 is 0 Å². The van der Waals surface area contributed by atoms with Crippen LogP contribution in [0.2, 0.25) is 5.02 Å². The van der Waals surface area contributed by atoms with Gasteiger partial charge in [0.1, 0.15) is 5.69 Å². The molecule has 0 aliphatic heterocycles. The molecule has 0 saturated carbocycles. The molecule has 0 fully saturated rings. The average molecular weight is 229 g/mol. The van der Waals surface area contributed by atoms with E-state index < -0.39 is 4.92 Å². The zero-order valence-corrected chi connectivity index (χ0v) is 9.25. The maximum Gasteiger partial charge on any atom is 0.293 e. The van der Waals surface area contributed by atoms with Gasteiger partial charge in [-0.15, -0.1) is 0 Å². The van der Waals surface area contributed by atoms with Crippen molar-refractivity contribution in [2.45, 2.75) is 19.8 Å². The van der Waals surface area contributed by atoms with Gasteiger partial charge in [0.25, 0.3) is 5.69 Å². The van der Waals surface area contributed by atoms with Crippen molar-refractivity contribution in [3.05, 3.63) is 33.3 Å². The molecule has 0 bridgehead atoms. The van der Waals surface area contributed by atoms with Gasteiger partial charge in [-0.2, -0.15) is 0 Å². The number of hydrogen-bond donors (Lipinski definition) is 1. The van der Waals surface area contributed by atoms with Crippen molar-refractivity contribution in [1.82, 2.24) is 0 Å². The molecular weight excluding hydrogens is 216 g/mol. The van der Waals surface area contributed by atoms with Crippen LogP contribution in [0.4, 0.5) is 11.4 Å². The van der Waals surface area contributed by atoms with E-state index in [1.807, 2.05) is 0 Å². The molecule has 0 amide bonds. The predicted octanol–water partition coefficient (Wildman–Crippen LogP) is 3.46. The Morgan fingerprint density at radius 2 is 2.27 bits per heavy atom. The van der Waals surface area contributed by atoms with Crippen molar-refractivity contribution in [3.63, 3.8) is 0 Å². The number of para-hydroxylation sites is 1. The average Bonchev–Trinajstić information content (AvgIpc) is 2.20. The summed E-state index contributed by atoms with van der Waals surface area (Å²) in [5.74, 6) is 0. The lowest BCUT2D eigenvalue weighted by molar-refractivity contribution is -0.383. The minimum atomic E-state index is -0.430. The standard InChI is InChI=1S/C10H13ClN2O2/c1-2-3-7-12-10-8(11)5-4-6-9(10)13(14)15/h4-6,12H,2-3,7H2,1H3. The first-order valence-electron chi connectivity index (χ1n) is 4.83. The van der Waals surface area contributed by atoms with E-state index in [1.54, 1.807) is 12.1 Å². The van der Waals surface area contributed by atoms with Crippen LogP contribution in [0, 0.1) is 10.1 Å². The Kier molecular flexibility index (Phi) is 4.37. The largest absolute Gasteiger partial charge is 0.378 e. The number of unbranched alkanes of at least 4 members (excludes halogenated alkanes) is 1. The van der Waals surface area contributed by atoms with E-state index in [-0.39, 0.29) is 5.69 Å². The third kappa shape index (κ3) is 3.09. The summed E-state index contributed by atoms with van der Waals surface area (Å²) in [6.07, 6.45) is 1.99. The van der Waals surface area contributed by atoms with Crippen LogP contribution in [-0.4, -0.2) is 11.5 Å². The number of nitrogens with one attached hydrogen (secondary N) is 1. The number of nitro benzene ring substituents is 1. The van der Waals surface area contributed by atoms with Gasteiger partial charge in [-0.25, -0.2) is 0 Å². The molecule has 0 aliphatic carbocycles. The highest BCUT2D eigenvalue weighted by Gasteiger charge is 2.15. The fraction of sp³-hybridized carbons (Fsp3) is 0.400. The second-order valence-electron chi connectivity index (χ2n) is 3.17. The molecule has 0 heterocycles. The van der Waals surface area contributed by atoms with Crippen LogP contribution in [0.25, 0.3) is 0 Å². The number of halogens is 1. The second kappa shape index (κ2) is 5.56. The van der Waals surface area contributed by atoms with Crippen molar-refractivity contribution in [3.8, 4) is 0 Å². The van der Waals surface area contributed by atoms with E-state index in [4.69, 9.17) is 11.6 Å². The van der Waals surface area contributed by atoms with Crippen LogP contribution in [0.15, 0.2) is 18.2 Å². The SMILES string of the molecule is CCCCNc1c(Cl)cccc1[N+](=O)[O-]. The molecule has 1 rings (SSSR count). The molecule has 0 atom stereocenters. The van der Waals surface area contributed by atoms with Gasteiger partial charge < -0.3 is 5.32 Å². The highest BCUT2D eigenvalue weighted by Crippen LogP contribution is 2.31. The van der Waals surface area contributed by atoms with Gasteiger partial charge in [0.15, 0.2) is 0 Å². The Morgan fingerprint density at radius 3 is 2.87 bits per heavy atom. The van der Waals surface area contributed by atoms with Gasteiger partial charge in [-0.1, -0.05) is 31.0 Å². The molecule has 0 radical (unpaired) electrons. The van der Waals surface area contributed by atoms with Crippen LogP contribution < -0.4 is 5.32 Å². The summed E-state index contributed by atoms with van der Waals surface area (Å²) in [5, 5.41) is 14.1. The third-order valence-corrected chi connectivity index (χ3v) is 2.34. The molecule has 1 N–H and O–H groups in total. The summed E-state index contributed by atoms with van der Waals surface area (Å²) in [4.78, 5) is 10.3. The fourth-order valence-electron chi connectivity index (χ4n) is 1.23. The van der Waals surface area contributed by atoms with Crippen LogP contribution in [-0.2, 0) is 0 Å². The zero-order valence-electron chi connectivity index (χ0n) is 8.50. The lowest BCUT2D eigenvalue weighted by atomic mass is 10.2. The molecule has 0 spiro atoms. The lowest BCUT2D eigenvalue weighted by Gasteiger charge is -2.07. The molecule has 15 heavy (non-hydrogen) atoms. The molecule has 0 aromatic heterocycles. The van der Waals surface area contributed by atoms with Crippen LogP contribution >= 0.6 is 11.6 Å². The Labute approximate surface area is 93.4 Å². The number of hydrogen-bond acceptors (Lipinski definition) is 3. The number of rotatable bonds is 5. The number of benzene rings is 1. The van der Waals surface area contributed by atoms with Crippen molar-refractivity contribution in [2.24, 2.45) is 0 Å². The Balaban J connectivity index is 2.87. The summed E-state index contributed by atoms with van der Waals surface area (Å²) >= 11 is 5.89. The molecule has 0 saturated heterocycles. The van der Waals surface area contributed by atoms with E-state index in [0.29, 0.717) is 17.3 Å². The first kappa shape index (κ1) is 11.8. The fourth-order valence-corrected chi connectivity index (χ4v) is 1.47. The number of nitro groups is 1. The van der Waals surface area contributed by atoms with Crippen molar-refractivity contribution >= 4 is 23.0 Å². The van der Waals surface area contributed by atoms with E-state index in [2.05, 4.69) is 12.2 Å². The van der Waals surface area contributed by atoms with Crippen molar-refractivity contribution in [2.75, 3.05) is 11.9 Å². The number of nitrogens with zero attached hydrogens (tertiary/aromatic N) is 1. The van der Waals surface area contributed by atoms with Crippen molar-refractivity contribution < 1.29 is 4.92 Å². The minimum absolute atomic E-state index is 0.0265. The topological polar surface area (TPSA) is 55.2 Å². The van der Waals surface area contributed by atoms with E-state index in [9.17, 15) is 10.1 Å². The van der Waals surface area contributed by atoms with E-state index >= 15 is 0 Å². The van der Waals surface area contributed by atoms with Gasteiger partial charge in [-0.05, 0) is 12.5 Å². The highest BCUT2D eigenvalue weighted by molar-refractivity contribution is 6.33. The van der Waals surface area contributed by atoms with Crippen LogP contribution in [0.1, 0.15) is 19.8 Å². The highest BCUT2D eigenvalue weighted by atomic mass is 35.5. The van der Waals surface area contributed by atoms with Crippen molar-refractivity contribution in [1.29, 1.82) is 0 Å². The summed E-state index contributed by atoms with van der Waals surface area (Å²) in [5.41, 5.74) is 0.441. The molecule has 82 valence electrons. The summed E-state index contributed by atoms with van der Waals surface area (Å²) in [6.45, 7) is 2.75. The summed E-state index contributed by atoms with van der Waals surface area (Å²) in [7, 11) is 0. The molecule has 5 heteroatoms. The first-order chi connectivity index (χ1) is 7.16. The molecule has 0 aliphatic rings. The molecular formula is C10H13ClN2O2. The summed E-state index contributed by atoms with van der Waals surface area (Å²) in [6, 6.07) is 4.66. The second-order valence-corrected chi connectivity index (χ2v) is 3.58. The Hall–Kier alpha value is -1.29. The molecule has 1 aromatic carbocycles. The normalized spacial score (nSPS) is 10.0. The quantitative estimate of drug-likeness (QED) is 0.477. The molecule has 1 aromatic rings. The third-order valence-electron chi connectivity index (χ3n) is 2.02. The predicted molar refractivity (Wildman–Crippen MR) is 61.5 cm³/mol. The lowest BCUT2D eigenvalue weighted by Crippen LogP contribution is -2.04. The van der Waals surface area contributed by atoms with E-state index in [1.165, 1.54) is 6.07 Å². The van der Waals surface area contributed by atoms with Gasteiger partial charge in [0.05, 0.1) is 9.95 Å². The Bertz CT molecular complexity index is 355. The number of anilines is 1.